The van der Waals surface area contributed by atoms with Crippen LogP contribution in [0.5, 0.6) is 11.5 Å². The molecule has 0 saturated carbocycles. The number of rotatable bonds is 6. The summed E-state index contributed by atoms with van der Waals surface area (Å²) in [4.78, 5) is 18.1. The van der Waals surface area contributed by atoms with Crippen LogP contribution in [0.4, 0.5) is 5.69 Å². The van der Waals surface area contributed by atoms with E-state index in [1.54, 1.807) is 36.5 Å². The summed E-state index contributed by atoms with van der Waals surface area (Å²) in [6, 6.07) is 11.7. The predicted molar refractivity (Wildman–Crippen MR) is 124 cm³/mol. The van der Waals surface area contributed by atoms with E-state index < -0.39 is 0 Å². The molecule has 0 saturated heterocycles. The lowest BCUT2D eigenvalue weighted by Crippen LogP contribution is -2.38. The molecule has 0 unspecified atom stereocenters. The van der Waals surface area contributed by atoms with Gasteiger partial charge in [-0.05, 0) is 50.1 Å². The van der Waals surface area contributed by atoms with Gasteiger partial charge in [0.05, 0.1) is 25.6 Å². The van der Waals surface area contributed by atoms with E-state index in [1.165, 1.54) is 5.56 Å². The van der Waals surface area contributed by atoms with E-state index >= 15 is 0 Å². The first-order valence-corrected chi connectivity index (χ1v) is 10.1. The summed E-state index contributed by atoms with van der Waals surface area (Å²) in [6.07, 6.45) is 1.71. The lowest BCUT2D eigenvalue weighted by Gasteiger charge is -2.16. The standard InChI is InChI=1S/C25H29N3O3/c1-8-11-28-20(19-9-10-21(30-6)22(14-19)31-7)15-23(27(5)25(28)29)26-24-17(3)12-16(2)13-18(24)4/h8-10,12-15H,1,11H2,2-7H3. The van der Waals surface area contributed by atoms with Crippen LogP contribution in [-0.4, -0.2) is 23.4 Å². The topological polar surface area (TPSA) is 57.8 Å². The number of hydrogen-bond donors (Lipinski definition) is 0. The molecule has 1 aromatic heterocycles. The molecule has 3 rings (SSSR count). The van der Waals surface area contributed by atoms with E-state index in [4.69, 9.17) is 14.5 Å². The van der Waals surface area contributed by atoms with Crippen LogP contribution in [0.25, 0.3) is 11.3 Å². The Morgan fingerprint density at radius 3 is 2.23 bits per heavy atom. The van der Waals surface area contributed by atoms with Crippen LogP contribution in [-0.2, 0) is 13.6 Å². The van der Waals surface area contributed by atoms with E-state index in [9.17, 15) is 4.79 Å². The second-order valence-electron chi connectivity index (χ2n) is 7.56. The Kier molecular flexibility index (Phi) is 6.49. The largest absolute Gasteiger partial charge is 0.493 e. The number of allylic oxidation sites excluding steroid dienone is 1. The Morgan fingerprint density at radius 1 is 1.00 bits per heavy atom. The first-order chi connectivity index (χ1) is 14.8. The van der Waals surface area contributed by atoms with Crippen LogP contribution in [0.15, 0.2) is 58.8 Å². The number of aromatic nitrogens is 2. The molecular weight excluding hydrogens is 390 g/mol. The summed E-state index contributed by atoms with van der Waals surface area (Å²) in [5.74, 6) is 1.22. The van der Waals surface area contributed by atoms with Gasteiger partial charge < -0.3 is 9.47 Å². The Balaban J connectivity index is 2.34. The molecule has 162 valence electrons. The third kappa shape index (κ3) is 4.33. The van der Waals surface area contributed by atoms with Gasteiger partial charge in [0.2, 0.25) is 0 Å². The van der Waals surface area contributed by atoms with Crippen LogP contribution in [0.3, 0.4) is 0 Å². The molecular formula is C25H29N3O3. The molecule has 0 aliphatic rings. The van der Waals surface area contributed by atoms with Crippen molar-refractivity contribution in [1.29, 1.82) is 0 Å². The summed E-state index contributed by atoms with van der Waals surface area (Å²) in [6.45, 7) is 10.3. The zero-order chi connectivity index (χ0) is 22.7. The van der Waals surface area contributed by atoms with Crippen LogP contribution < -0.4 is 20.7 Å². The predicted octanol–water partition coefficient (Wildman–Crippen LogP) is 4.21. The van der Waals surface area contributed by atoms with E-state index in [1.807, 2.05) is 38.1 Å². The maximum atomic E-state index is 13.2. The number of ether oxygens (including phenoxy) is 2. The Morgan fingerprint density at radius 2 is 1.65 bits per heavy atom. The van der Waals surface area contributed by atoms with E-state index in [-0.39, 0.29) is 5.69 Å². The lowest BCUT2D eigenvalue weighted by atomic mass is 10.1. The van der Waals surface area contributed by atoms with E-state index in [0.29, 0.717) is 23.5 Å². The lowest BCUT2D eigenvalue weighted by molar-refractivity contribution is 0.355. The summed E-state index contributed by atoms with van der Waals surface area (Å²) in [5, 5.41) is 0. The average molecular weight is 420 g/mol. The minimum Gasteiger partial charge on any atom is -0.493 e. The van der Waals surface area contributed by atoms with Crippen molar-refractivity contribution in [1.82, 2.24) is 9.13 Å². The smallest absolute Gasteiger partial charge is 0.330 e. The third-order valence-corrected chi connectivity index (χ3v) is 5.27. The zero-order valence-electron chi connectivity index (χ0n) is 19.0. The fourth-order valence-corrected chi connectivity index (χ4v) is 3.79. The summed E-state index contributed by atoms with van der Waals surface area (Å²) >= 11 is 0. The number of hydrogen-bond acceptors (Lipinski definition) is 4. The van der Waals surface area contributed by atoms with Crippen molar-refractivity contribution in [3.63, 3.8) is 0 Å². The number of aryl methyl sites for hydroxylation is 3. The van der Waals surface area contributed by atoms with Crippen molar-refractivity contribution in [3.8, 4) is 22.8 Å². The van der Waals surface area contributed by atoms with Gasteiger partial charge in [0.15, 0.2) is 11.5 Å². The monoisotopic (exact) mass is 419 g/mol. The first kappa shape index (κ1) is 22.2. The molecule has 0 atom stereocenters. The van der Waals surface area contributed by atoms with Crippen molar-refractivity contribution in [2.45, 2.75) is 27.3 Å². The van der Waals surface area contributed by atoms with Crippen LogP contribution in [0, 0.1) is 20.8 Å². The van der Waals surface area contributed by atoms with Gasteiger partial charge in [-0.3, -0.25) is 9.13 Å². The number of methoxy groups -OCH3 is 2. The Hall–Kier alpha value is -3.54. The van der Waals surface area contributed by atoms with Gasteiger partial charge in [0.25, 0.3) is 0 Å². The van der Waals surface area contributed by atoms with Gasteiger partial charge in [0.1, 0.15) is 5.49 Å². The van der Waals surface area contributed by atoms with Crippen molar-refractivity contribution in [2.75, 3.05) is 14.2 Å². The highest BCUT2D eigenvalue weighted by Gasteiger charge is 2.13. The van der Waals surface area contributed by atoms with Gasteiger partial charge in [-0.1, -0.05) is 23.8 Å². The molecule has 2 aromatic carbocycles. The van der Waals surface area contributed by atoms with Crippen molar-refractivity contribution in [2.24, 2.45) is 12.0 Å². The highest BCUT2D eigenvalue weighted by molar-refractivity contribution is 5.64. The Bertz CT molecular complexity index is 1240. The second kappa shape index (κ2) is 9.08. The Labute approximate surface area is 182 Å². The molecule has 0 bridgehead atoms. The molecule has 3 aromatic rings. The SMILES string of the molecule is C=CCn1c(-c2ccc(OC)c(OC)c2)cc(=Nc2c(C)cc(C)cc2C)n(C)c1=O. The normalized spacial score (nSPS) is 11.5. The fraction of sp³-hybridized carbons (Fsp3) is 0.280. The molecule has 0 N–H and O–H groups in total. The summed E-state index contributed by atoms with van der Waals surface area (Å²) in [5.41, 5.74) is 6.15. The minimum absolute atomic E-state index is 0.173. The molecule has 0 fully saturated rings. The molecule has 0 amide bonds. The average Bonchev–Trinajstić information content (AvgIpc) is 2.74. The van der Waals surface area contributed by atoms with E-state index in [2.05, 4.69) is 25.6 Å². The van der Waals surface area contributed by atoms with Gasteiger partial charge in [-0.2, -0.15) is 0 Å². The maximum absolute atomic E-state index is 13.2. The minimum atomic E-state index is -0.173. The summed E-state index contributed by atoms with van der Waals surface area (Å²) in [7, 11) is 4.92. The fourth-order valence-electron chi connectivity index (χ4n) is 3.79. The highest BCUT2D eigenvalue weighted by Crippen LogP contribution is 2.32. The molecule has 0 aliphatic carbocycles. The zero-order valence-corrected chi connectivity index (χ0v) is 19.0. The van der Waals surface area contributed by atoms with E-state index in [0.717, 1.165) is 28.1 Å². The van der Waals surface area contributed by atoms with Crippen molar-refractivity contribution in [3.05, 3.63) is 81.7 Å². The number of benzene rings is 2. The molecule has 31 heavy (non-hydrogen) atoms. The highest BCUT2D eigenvalue weighted by atomic mass is 16.5. The molecule has 0 aliphatic heterocycles. The molecule has 6 nitrogen and oxygen atoms in total. The van der Waals surface area contributed by atoms with Crippen LogP contribution in [0.1, 0.15) is 16.7 Å². The summed E-state index contributed by atoms with van der Waals surface area (Å²) < 4.78 is 14.0. The van der Waals surface area contributed by atoms with Gasteiger partial charge in [-0.15, -0.1) is 6.58 Å². The van der Waals surface area contributed by atoms with Crippen molar-refractivity contribution >= 4 is 5.69 Å². The second-order valence-corrected chi connectivity index (χ2v) is 7.56. The van der Waals surface area contributed by atoms with Crippen molar-refractivity contribution < 1.29 is 9.47 Å². The first-order valence-electron chi connectivity index (χ1n) is 10.1. The maximum Gasteiger partial charge on any atom is 0.330 e. The van der Waals surface area contributed by atoms with Gasteiger partial charge in [0, 0.05) is 25.2 Å². The van der Waals surface area contributed by atoms with Gasteiger partial charge >= 0.3 is 5.69 Å². The quantitative estimate of drug-likeness (QED) is 0.562. The van der Waals surface area contributed by atoms with Crippen LogP contribution >= 0.6 is 0 Å². The third-order valence-electron chi connectivity index (χ3n) is 5.27. The molecule has 1 heterocycles. The van der Waals surface area contributed by atoms with Gasteiger partial charge in [-0.25, -0.2) is 9.79 Å². The number of nitrogens with zero attached hydrogens (tertiary/aromatic N) is 3. The molecule has 0 spiro atoms. The van der Waals surface area contributed by atoms with Crippen LogP contribution in [0.2, 0.25) is 0 Å². The molecule has 6 heteroatoms. The molecule has 0 radical (unpaired) electrons.